The average Bonchev–Trinajstić information content (AvgIpc) is 2.75. The van der Waals surface area contributed by atoms with Gasteiger partial charge in [-0.1, -0.05) is 32.3 Å². The van der Waals surface area contributed by atoms with Crippen LogP contribution in [0.5, 0.6) is 0 Å². The Balaban J connectivity index is 1.91. The second-order valence-electron chi connectivity index (χ2n) is 5.45. The van der Waals surface area contributed by atoms with Crippen LogP contribution in [0.2, 0.25) is 0 Å². The molecule has 0 bridgehead atoms. The Hall–Kier alpha value is -0.550. The molecule has 0 saturated carbocycles. The summed E-state index contributed by atoms with van der Waals surface area (Å²) in [4.78, 5) is 4.48. The van der Waals surface area contributed by atoms with E-state index in [1.165, 1.54) is 12.8 Å². The van der Waals surface area contributed by atoms with Gasteiger partial charge < -0.3 is 9.84 Å². The van der Waals surface area contributed by atoms with Gasteiger partial charge in [0.05, 0.1) is 11.8 Å². The lowest BCUT2D eigenvalue weighted by Crippen LogP contribution is -2.27. The largest absolute Gasteiger partial charge is 0.338 e. The van der Waals surface area contributed by atoms with Gasteiger partial charge in [0.1, 0.15) is 0 Å². The topological polar surface area (TPSA) is 51.0 Å². The fourth-order valence-corrected chi connectivity index (χ4v) is 2.49. The highest BCUT2D eigenvalue weighted by molar-refractivity contribution is 7.99. The third-order valence-electron chi connectivity index (χ3n) is 2.73. The standard InChI is InChI=1S/C12H21N3OS/c1-12(2,3)17-8-10-14-11(16-15-10)9-6-4-5-7-13-9/h9,13H,4-8H2,1-3H3/t9-/m0/s1. The lowest BCUT2D eigenvalue weighted by atomic mass is 10.1. The molecule has 17 heavy (non-hydrogen) atoms. The van der Waals surface area contributed by atoms with E-state index in [1.807, 2.05) is 11.8 Å². The molecule has 0 aromatic carbocycles. The van der Waals surface area contributed by atoms with Gasteiger partial charge in [0.15, 0.2) is 5.82 Å². The molecule has 1 aromatic heterocycles. The van der Waals surface area contributed by atoms with E-state index < -0.39 is 0 Å². The zero-order valence-corrected chi connectivity index (χ0v) is 11.6. The van der Waals surface area contributed by atoms with Crippen LogP contribution in [0.1, 0.15) is 57.8 Å². The van der Waals surface area contributed by atoms with Crippen LogP contribution in [0.3, 0.4) is 0 Å². The van der Waals surface area contributed by atoms with Gasteiger partial charge in [-0.15, -0.1) is 11.8 Å². The van der Waals surface area contributed by atoms with E-state index in [0.29, 0.717) is 0 Å². The molecule has 1 saturated heterocycles. The highest BCUT2D eigenvalue weighted by Gasteiger charge is 2.21. The van der Waals surface area contributed by atoms with Crippen molar-refractivity contribution in [2.24, 2.45) is 0 Å². The van der Waals surface area contributed by atoms with Gasteiger partial charge in [0, 0.05) is 4.75 Å². The molecule has 5 heteroatoms. The summed E-state index contributed by atoms with van der Waals surface area (Å²) in [5, 5.41) is 7.47. The number of rotatable bonds is 3. The maximum absolute atomic E-state index is 5.33. The smallest absolute Gasteiger partial charge is 0.243 e. The first-order chi connectivity index (χ1) is 8.04. The summed E-state index contributed by atoms with van der Waals surface area (Å²) in [6.07, 6.45) is 3.59. The van der Waals surface area contributed by atoms with Crippen molar-refractivity contribution in [1.82, 2.24) is 15.5 Å². The first-order valence-electron chi connectivity index (χ1n) is 6.24. The van der Waals surface area contributed by atoms with Gasteiger partial charge >= 0.3 is 0 Å². The molecule has 1 atom stereocenters. The minimum absolute atomic E-state index is 0.240. The zero-order chi connectivity index (χ0) is 12.3. The molecule has 2 rings (SSSR count). The van der Waals surface area contributed by atoms with Gasteiger partial charge in [0.25, 0.3) is 0 Å². The lowest BCUT2D eigenvalue weighted by Gasteiger charge is -2.19. The summed E-state index contributed by atoms with van der Waals surface area (Å²) in [7, 11) is 0. The molecule has 0 spiro atoms. The number of hydrogen-bond acceptors (Lipinski definition) is 5. The van der Waals surface area contributed by atoms with E-state index in [1.54, 1.807) is 0 Å². The van der Waals surface area contributed by atoms with E-state index in [4.69, 9.17) is 4.52 Å². The Morgan fingerprint density at radius 1 is 1.41 bits per heavy atom. The molecule has 1 fully saturated rings. The average molecular weight is 255 g/mol. The molecular formula is C12H21N3OS. The third kappa shape index (κ3) is 4.00. The minimum Gasteiger partial charge on any atom is -0.338 e. The monoisotopic (exact) mass is 255 g/mol. The third-order valence-corrected chi connectivity index (χ3v) is 4.00. The highest BCUT2D eigenvalue weighted by Crippen LogP contribution is 2.27. The molecule has 1 aromatic rings. The SMILES string of the molecule is CC(C)(C)SCc1noc([C@@H]2CCCCN2)n1. The number of hydrogen-bond donors (Lipinski definition) is 1. The minimum atomic E-state index is 0.240. The quantitative estimate of drug-likeness (QED) is 0.900. The molecule has 0 radical (unpaired) electrons. The normalized spacial score (nSPS) is 21.7. The Kier molecular flexibility index (Phi) is 4.09. The predicted molar refractivity (Wildman–Crippen MR) is 69.9 cm³/mol. The van der Waals surface area contributed by atoms with Crippen molar-refractivity contribution >= 4 is 11.8 Å². The Labute approximate surface area is 107 Å². The summed E-state index contributed by atoms with van der Waals surface area (Å²) in [5.74, 6) is 2.39. The van der Waals surface area contributed by atoms with Crippen LogP contribution in [0.25, 0.3) is 0 Å². The first-order valence-corrected chi connectivity index (χ1v) is 7.23. The fourth-order valence-electron chi connectivity index (χ4n) is 1.81. The van der Waals surface area contributed by atoms with Gasteiger partial charge in [-0.05, 0) is 19.4 Å². The van der Waals surface area contributed by atoms with Crippen molar-refractivity contribution in [2.75, 3.05) is 6.54 Å². The van der Waals surface area contributed by atoms with E-state index in [0.717, 1.165) is 30.4 Å². The van der Waals surface area contributed by atoms with Crippen molar-refractivity contribution < 1.29 is 4.52 Å². The number of aromatic nitrogens is 2. The van der Waals surface area contributed by atoms with E-state index in [9.17, 15) is 0 Å². The first kappa shape index (κ1) is 12.9. The zero-order valence-electron chi connectivity index (χ0n) is 10.8. The molecular weight excluding hydrogens is 234 g/mol. The van der Waals surface area contributed by atoms with Crippen molar-refractivity contribution in [3.8, 4) is 0 Å². The van der Waals surface area contributed by atoms with Crippen molar-refractivity contribution in [3.05, 3.63) is 11.7 Å². The Bertz CT molecular complexity index is 353. The predicted octanol–water partition coefficient (Wildman–Crippen LogP) is 2.92. The van der Waals surface area contributed by atoms with Crippen LogP contribution >= 0.6 is 11.8 Å². The highest BCUT2D eigenvalue weighted by atomic mass is 32.2. The maximum Gasteiger partial charge on any atom is 0.243 e. The van der Waals surface area contributed by atoms with Crippen LogP contribution in [-0.4, -0.2) is 21.4 Å². The molecule has 1 N–H and O–H groups in total. The molecule has 0 unspecified atom stereocenters. The summed E-state index contributed by atoms with van der Waals surface area (Å²) in [5.41, 5.74) is 0. The number of piperidine rings is 1. The Morgan fingerprint density at radius 2 is 2.24 bits per heavy atom. The van der Waals surface area contributed by atoms with Crippen molar-refractivity contribution in [3.63, 3.8) is 0 Å². The van der Waals surface area contributed by atoms with Crippen LogP contribution in [0.4, 0.5) is 0 Å². The number of thioether (sulfide) groups is 1. The second kappa shape index (κ2) is 5.40. The van der Waals surface area contributed by atoms with Crippen LogP contribution in [0, 0.1) is 0 Å². The summed E-state index contributed by atoms with van der Waals surface area (Å²) < 4.78 is 5.57. The van der Waals surface area contributed by atoms with Crippen molar-refractivity contribution in [1.29, 1.82) is 0 Å². The van der Waals surface area contributed by atoms with Gasteiger partial charge in [-0.25, -0.2) is 0 Å². The number of nitrogens with zero attached hydrogens (tertiary/aromatic N) is 2. The molecule has 1 aliphatic rings. The molecule has 1 aliphatic heterocycles. The molecule has 0 aliphatic carbocycles. The summed E-state index contributed by atoms with van der Waals surface area (Å²) in [6, 6.07) is 0.268. The van der Waals surface area contributed by atoms with Gasteiger partial charge in [-0.2, -0.15) is 4.98 Å². The van der Waals surface area contributed by atoms with Gasteiger partial charge in [-0.3, -0.25) is 0 Å². The van der Waals surface area contributed by atoms with Crippen LogP contribution in [-0.2, 0) is 5.75 Å². The molecule has 4 nitrogen and oxygen atoms in total. The second-order valence-corrected chi connectivity index (χ2v) is 7.25. The summed E-state index contributed by atoms with van der Waals surface area (Å²) >= 11 is 1.84. The summed E-state index contributed by atoms with van der Waals surface area (Å²) in [6.45, 7) is 7.64. The van der Waals surface area contributed by atoms with E-state index >= 15 is 0 Å². The molecule has 0 amide bonds. The molecule has 2 heterocycles. The molecule has 96 valence electrons. The van der Waals surface area contributed by atoms with Crippen LogP contribution in [0.15, 0.2) is 4.52 Å². The Morgan fingerprint density at radius 3 is 2.88 bits per heavy atom. The van der Waals surface area contributed by atoms with Crippen LogP contribution < -0.4 is 5.32 Å². The number of nitrogens with one attached hydrogen (secondary N) is 1. The van der Waals surface area contributed by atoms with Crippen molar-refractivity contribution in [2.45, 2.75) is 56.6 Å². The van der Waals surface area contributed by atoms with E-state index in [2.05, 4.69) is 36.2 Å². The maximum atomic E-state index is 5.33. The fraction of sp³-hybridized carbons (Fsp3) is 0.833. The van der Waals surface area contributed by atoms with Gasteiger partial charge in [0.2, 0.25) is 5.89 Å². The lowest BCUT2D eigenvalue weighted by molar-refractivity contribution is 0.296. The van der Waals surface area contributed by atoms with E-state index in [-0.39, 0.29) is 10.8 Å².